The average Bonchev–Trinajstić information content (AvgIpc) is 3.35. The number of nitrogens with zero attached hydrogens (tertiary/aromatic N) is 1. The average molecular weight is 506 g/mol. The summed E-state index contributed by atoms with van der Waals surface area (Å²) in [5.41, 5.74) is 3.69. The third kappa shape index (κ3) is 5.35. The van der Waals surface area contributed by atoms with Gasteiger partial charge < -0.3 is 25.1 Å². The Kier molecular flexibility index (Phi) is 7.62. The Bertz CT molecular complexity index is 970. The predicted octanol–water partition coefficient (Wildman–Crippen LogP) is 3.85. The van der Waals surface area contributed by atoms with Gasteiger partial charge in [0.2, 0.25) is 6.79 Å². The molecule has 0 unspecified atom stereocenters. The summed E-state index contributed by atoms with van der Waals surface area (Å²) in [6, 6.07) is 14.5. The number of benzene rings is 2. The summed E-state index contributed by atoms with van der Waals surface area (Å²) < 4.78 is 10.8. The van der Waals surface area contributed by atoms with Gasteiger partial charge in [0, 0.05) is 36.7 Å². The molecule has 3 N–H and O–H groups in total. The lowest BCUT2D eigenvalue weighted by molar-refractivity contribution is 0.174. The maximum atomic E-state index is 5.44. The Hall–Kier alpha value is -2.42. The number of halogens is 1. The van der Waals surface area contributed by atoms with E-state index in [1.807, 2.05) is 18.2 Å². The lowest BCUT2D eigenvalue weighted by Gasteiger charge is -2.11. The molecule has 6 nitrogen and oxygen atoms in total. The van der Waals surface area contributed by atoms with Gasteiger partial charge in [-0.1, -0.05) is 24.3 Å². The summed E-state index contributed by atoms with van der Waals surface area (Å²) in [7, 11) is 0. The van der Waals surface area contributed by atoms with Crippen LogP contribution in [0.3, 0.4) is 0 Å². The van der Waals surface area contributed by atoms with Crippen LogP contribution in [-0.2, 0) is 12.8 Å². The molecule has 0 amide bonds. The third-order valence-electron chi connectivity index (χ3n) is 4.81. The highest BCUT2D eigenvalue weighted by molar-refractivity contribution is 14.0. The van der Waals surface area contributed by atoms with Crippen LogP contribution in [0.1, 0.15) is 18.1 Å². The zero-order valence-corrected chi connectivity index (χ0v) is 18.9. The van der Waals surface area contributed by atoms with Gasteiger partial charge in [0.1, 0.15) is 0 Å². The Morgan fingerprint density at radius 3 is 2.83 bits per heavy atom. The van der Waals surface area contributed by atoms with Crippen LogP contribution in [0, 0.1) is 0 Å². The molecule has 7 heteroatoms. The van der Waals surface area contributed by atoms with Gasteiger partial charge >= 0.3 is 0 Å². The molecule has 1 aliphatic rings. The van der Waals surface area contributed by atoms with Crippen molar-refractivity contribution in [3.05, 3.63) is 59.8 Å². The molecule has 0 saturated carbocycles. The topological polar surface area (TPSA) is 70.7 Å². The quantitative estimate of drug-likeness (QED) is 0.259. The number of rotatable bonds is 7. The Morgan fingerprint density at radius 1 is 1.07 bits per heavy atom. The van der Waals surface area contributed by atoms with Crippen LogP contribution in [0.4, 0.5) is 0 Å². The molecule has 0 atom stereocenters. The minimum absolute atomic E-state index is 0. The molecule has 0 aliphatic carbocycles. The number of aromatic amines is 1. The molecular weight excluding hydrogens is 479 g/mol. The first kappa shape index (κ1) is 21.3. The van der Waals surface area contributed by atoms with Crippen molar-refractivity contribution in [3.8, 4) is 11.5 Å². The molecule has 154 valence electrons. The largest absolute Gasteiger partial charge is 0.454 e. The first-order valence-corrected chi connectivity index (χ1v) is 9.79. The van der Waals surface area contributed by atoms with Crippen molar-refractivity contribution in [2.45, 2.75) is 19.8 Å². The predicted molar refractivity (Wildman–Crippen MR) is 128 cm³/mol. The lowest BCUT2D eigenvalue weighted by atomic mass is 10.1. The second-order valence-corrected chi connectivity index (χ2v) is 6.73. The fraction of sp³-hybridized carbons (Fsp3) is 0.318. The van der Waals surface area contributed by atoms with Gasteiger partial charge in [0.15, 0.2) is 17.5 Å². The monoisotopic (exact) mass is 506 g/mol. The second-order valence-electron chi connectivity index (χ2n) is 6.73. The van der Waals surface area contributed by atoms with E-state index in [1.165, 1.54) is 22.0 Å². The summed E-state index contributed by atoms with van der Waals surface area (Å²) in [6.45, 7) is 4.77. The highest BCUT2D eigenvalue weighted by atomic mass is 127. The Balaban J connectivity index is 0.00000240. The number of ether oxygens (including phenoxy) is 2. The number of aromatic nitrogens is 1. The summed E-state index contributed by atoms with van der Waals surface area (Å²) in [6.07, 6.45) is 3.88. The molecule has 0 saturated heterocycles. The first-order chi connectivity index (χ1) is 13.8. The number of guanidine groups is 1. The van der Waals surface area contributed by atoms with Crippen molar-refractivity contribution in [1.29, 1.82) is 0 Å². The van der Waals surface area contributed by atoms with Crippen LogP contribution in [0.2, 0.25) is 0 Å². The Labute approximate surface area is 188 Å². The molecule has 1 aromatic heterocycles. The summed E-state index contributed by atoms with van der Waals surface area (Å²) in [5.74, 6) is 2.50. The van der Waals surface area contributed by atoms with Gasteiger partial charge in [-0.3, -0.25) is 4.99 Å². The maximum Gasteiger partial charge on any atom is 0.231 e. The van der Waals surface area contributed by atoms with E-state index < -0.39 is 0 Å². The normalized spacial score (nSPS) is 12.7. The molecule has 3 aromatic rings. The summed E-state index contributed by atoms with van der Waals surface area (Å²) in [4.78, 5) is 8.04. The molecule has 0 spiro atoms. The van der Waals surface area contributed by atoms with Crippen LogP contribution >= 0.6 is 24.0 Å². The first-order valence-electron chi connectivity index (χ1n) is 9.79. The van der Waals surface area contributed by atoms with Gasteiger partial charge in [0.25, 0.3) is 0 Å². The van der Waals surface area contributed by atoms with E-state index in [4.69, 9.17) is 14.5 Å². The van der Waals surface area contributed by atoms with Crippen molar-refractivity contribution >= 4 is 40.8 Å². The molecule has 1 aliphatic heterocycles. The fourth-order valence-corrected chi connectivity index (χ4v) is 3.39. The number of nitrogens with one attached hydrogen (secondary N) is 3. The minimum Gasteiger partial charge on any atom is -0.454 e. The molecule has 4 rings (SSSR count). The van der Waals surface area contributed by atoms with Gasteiger partial charge in [0.05, 0.1) is 0 Å². The number of H-pyrrole nitrogens is 1. The zero-order chi connectivity index (χ0) is 19.2. The molecule has 0 radical (unpaired) electrons. The molecule has 0 bridgehead atoms. The highest BCUT2D eigenvalue weighted by Gasteiger charge is 2.13. The second kappa shape index (κ2) is 10.4. The molecule has 2 heterocycles. The van der Waals surface area contributed by atoms with Crippen LogP contribution in [0.15, 0.2) is 53.7 Å². The number of aliphatic imine (C=N–C) groups is 1. The van der Waals surface area contributed by atoms with Crippen molar-refractivity contribution in [2.75, 3.05) is 26.4 Å². The van der Waals surface area contributed by atoms with E-state index in [0.717, 1.165) is 49.9 Å². The maximum absolute atomic E-state index is 5.44. The Morgan fingerprint density at radius 2 is 1.93 bits per heavy atom. The van der Waals surface area contributed by atoms with Crippen molar-refractivity contribution < 1.29 is 9.47 Å². The number of para-hydroxylation sites is 1. The van der Waals surface area contributed by atoms with Gasteiger partial charge in [-0.15, -0.1) is 24.0 Å². The zero-order valence-electron chi connectivity index (χ0n) is 16.5. The van der Waals surface area contributed by atoms with Crippen molar-refractivity contribution in [1.82, 2.24) is 15.6 Å². The van der Waals surface area contributed by atoms with Crippen LogP contribution in [-0.4, -0.2) is 37.4 Å². The SMILES string of the molecule is CCNC(=NCCc1c[nH]c2ccccc12)NCCc1ccc2c(c1)OCO2.I. The lowest BCUT2D eigenvalue weighted by Crippen LogP contribution is -2.38. The van der Waals surface area contributed by atoms with Crippen molar-refractivity contribution in [2.24, 2.45) is 4.99 Å². The highest BCUT2D eigenvalue weighted by Crippen LogP contribution is 2.32. The van der Waals surface area contributed by atoms with Gasteiger partial charge in [-0.05, 0) is 49.1 Å². The summed E-state index contributed by atoms with van der Waals surface area (Å²) >= 11 is 0. The minimum atomic E-state index is 0. The van der Waals surface area contributed by atoms with Gasteiger partial charge in [-0.2, -0.15) is 0 Å². The molecule has 29 heavy (non-hydrogen) atoms. The van der Waals surface area contributed by atoms with E-state index in [9.17, 15) is 0 Å². The van der Waals surface area contributed by atoms with E-state index in [-0.39, 0.29) is 24.0 Å². The molecule has 2 aromatic carbocycles. The standard InChI is InChI=1S/C22H26N4O2.HI/c1-2-23-22(24-11-9-16-7-8-20-21(13-16)28-15-27-20)25-12-10-17-14-26-19-6-4-3-5-18(17)19;/h3-8,13-14,26H,2,9-12,15H2,1H3,(H2,23,24,25);1H. The number of fused-ring (bicyclic) bond motifs is 2. The van der Waals surface area contributed by atoms with Crippen LogP contribution in [0.25, 0.3) is 10.9 Å². The van der Waals surface area contributed by atoms with Crippen LogP contribution < -0.4 is 20.1 Å². The van der Waals surface area contributed by atoms with Crippen LogP contribution in [0.5, 0.6) is 11.5 Å². The fourth-order valence-electron chi connectivity index (χ4n) is 3.39. The third-order valence-corrected chi connectivity index (χ3v) is 4.81. The molecule has 0 fully saturated rings. The smallest absolute Gasteiger partial charge is 0.231 e. The van der Waals surface area contributed by atoms with E-state index in [1.54, 1.807) is 0 Å². The van der Waals surface area contributed by atoms with Crippen molar-refractivity contribution in [3.63, 3.8) is 0 Å². The van der Waals surface area contributed by atoms with Gasteiger partial charge in [-0.25, -0.2) is 0 Å². The van der Waals surface area contributed by atoms with E-state index in [2.05, 4.69) is 53.0 Å². The van der Waals surface area contributed by atoms with E-state index >= 15 is 0 Å². The number of hydrogen-bond donors (Lipinski definition) is 3. The van der Waals surface area contributed by atoms with E-state index in [0.29, 0.717) is 6.79 Å². The number of hydrogen-bond acceptors (Lipinski definition) is 3. The summed E-state index contributed by atoms with van der Waals surface area (Å²) in [5, 5.41) is 8.00. The molecular formula is C22H27IN4O2.